The number of likely N-dealkylation sites (tertiary alicyclic amines) is 1. The quantitative estimate of drug-likeness (QED) is 0.667. The fraction of sp³-hybridized carbons (Fsp3) is 0.391. The summed E-state index contributed by atoms with van der Waals surface area (Å²) in [6.45, 7) is 3.78. The summed E-state index contributed by atoms with van der Waals surface area (Å²) in [6, 6.07) is 11.8. The Labute approximate surface area is 175 Å². The first-order valence-corrected chi connectivity index (χ1v) is 10.4. The maximum absolute atomic E-state index is 12.7. The van der Waals surface area contributed by atoms with Crippen molar-refractivity contribution in [2.45, 2.75) is 38.2 Å². The monoisotopic (exact) mass is 404 g/mol. The smallest absolute Gasteiger partial charge is 0.230 e. The molecule has 0 atom stereocenters. The topological polar surface area (TPSA) is 81.4 Å². The van der Waals surface area contributed by atoms with Crippen LogP contribution in [0.4, 0.5) is 0 Å². The Morgan fingerprint density at radius 3 is 2.73 bits per heavy atom. The van der Waals surface area contributed by atoms with Gasteiger partial charge in [0.1, 0.15) is 11.4 Å². The van der Waals surface area contributed by atoms with Gasteiger partial charge in [-0.3, -0.25) is 4.79 Å². The van der Waals surface area contributed by atoms with Crippen LogP contribution in [0.15, 0.2) is 47.1 Å². The molecule has 2 aromatic heterocycles. The van der Waals surface area contributed by atoms with E-state index in [-0.39, 0.29) is 12.3 Å². The summed E-state index contributed by atoms with van der Waals surface area (Å²) in [5.74, 6) is 1.39. The number of ether oxygens (including phenoxy) is 1. The fourth-order valence-electron chi connectivity index (χ4n) is 4.39. The average molecular weight is 404 g/mol. The van der Waals surface area contributed by atoms with Crippen molar-refractivity contribution in [1.82, 2.24) is 20.0 Å². The van der Waals surface area contributed by atoms with Gasteiger partial charge in [-0.05, 0) is 31.7 Å². The van der Waals surface area contributed by atoms with E-state index in [0.29, 0.717) is 25.5 Å². The number of nitrogens with zero attached hydrogens (tertiary/aromatic N) is 4. The zero-order valence-corrected chi connectivity index (χ0v) is 17.0. The Morgan fingerprint density at radius 2 is 2.00 bits per heavy atom. The molecule has 1 fully saturated rings. The summed E-state index contributed by atoms with van der Waals surface area (Å²) < 4.78 is 11.5. The first-order valence-electron chi connectivity index (χ1n) is 10.4. The van der Waals surface area contributed by atoms with Crippen molar-refractivity contribution in [2.75, 3.05) is 19.7 Å². The predicted octanol–water partition coefficient (Wildman–Crippen LogP) is 3.07. The molecule has 1 saturated heterocycles. The molecule has 7 nitrogen and oxygen atoms in total. The minimum absolute atomic E-state index is 0.0599. The van der Waals surface area contributed by atoms with Crippen molar-refractivity contribution in [1.29, 1.82) is 0 Å². The van der Waals surface area contributed by atoms with Gasteiger partial charge in [-0.2, -0.15) is 0 Å². The minimum atomic E-state index is -0.445. The number of piperidine rings is 1. The van der Waals surface area contributed by atoms with Crippen LogP contribution in [0.1, 0.15) is 35.6 Å². The van der Waals surface area contributed by atoms with E-state index in [9.17, 15) is 4.79 Å². The highest BCUT2D eigenvalue weighted by atomic mass is 16.5. The number of rotatable bonds is 3. The van der Waals surface area contributed by atoms with Crippen molar-refractivity contribution in [2.24, 2.45) is 0 Å². The molecule has 1 amide bonds. The first kappa shape index (κ1) is 18.9. The maximum Gasteiger partial charge on any atom is 0.230 e. The predicted molar refractivity (Wildman–Crippen MR) is 110 cm³/mol. The van der Waals surface area contributed by atoms with Gasteiger partial charge >= 0.3 is 0 Å². The Balaban J connectivity index is 1.35. The normalized spacial score (nSPS) is 17.7. The number of hydrogen-bond acceptors (Lipinski definition) is 6. The van der Waals surface area contributed by atoms with E-state index in [1.54, 1.807) is 0 Å². The SMILES string of the molecule is Cc1cc(CC(=O)N2CCC3(CC2)OCCc2cnc(-c4ccccc4)nc23)on1. The molecule has 7 heteroatoms. The molecule has 2 aliphatic heterocycles. The van der Waals surface area contributed by atoms with E-state index >= 15 is 0 Å². The summed E-state index contributed by atoms with van der Waals surface area (Å²) in [4.78, 5) is 24.1. The van der Waals surface area contributed by atoms with Gasteiger partial charge in [0.2, 0.25) is 5.91 Å². The molecule has 0 unspecified atom stereocenters. The molecule has 1 spiro atoms. The molecular formula is C23H24N4O3. The third-order valence-corrected chi connectivity index (χ3v) is 6.00. The van der Waals surface area contributed by atoms with Crippen LogP contribution in [0.2, 0.25) is 0 Å². The Bertz CT molecular complexity index is 1060. The average Bonchev–Trinajstić information content (AvgIpc) is 3.19. The van der Waals surface area contributed by atoms with Gasteiger partial charge in [0.15, 0.2) is 5.82 Å². The second kappa shape index (κ2) is 7.65. The van der Waals surface area contributed by atoms with E-state index in [2.05, 4.69) is 10.1 Å². The first-order chi connectivity index (χ1) is 14.6. The Hall–Kier alpha value is -3.06. The van der Waals surface area contributed by atoms with Gasteiger partial charge in [-0.25, -0.2) is 9.97 Å². The molecule has 154 valence electrons. The fourth-order valence-corrected chi connectivity index (χ4v) is 4.39. The lowest BCUT2D eigenvalue weighted by molar-refractivity contribution is -0.140. The van der Waals surface area contributed by atoms with Crippen molar-refractivity contribution in [3.05, 3.63) is 65.3 Å². The van der Waals surface area contributed by atoms with Crippen LogP contribution >= 0.6 is 0 Å². The molecule has 5 rings (SSSR count). The van der Waals surface area contributed by atoms with Gasteiger partial charge in [0.05, 0.1) is 24.4 Å². The van der Waals surface area contributed by atoms with Crippen LogP contribution in [0.5, 0.6) is 0 Å². The van der Waals surface area contributed by atoms with E-state index in [0.717, 1.165) is 47.6 Å². The second-order valence-corrected chi connectivity index (χ2v) is 8.02. The zero-order chi connectivity index (χ0) is 20.6. The van der Waals surface area contributed by atoms with Crippen molar-refractivity contribution < 1.29 is 14.1 Å². The van der Waals surface area contributed by atoms with Crippen LogP contribution < -0.4 is 0 Å². The molecule has 0 aliphatic carbocycles. The molecule has 1 aromatic carbocycles. The molecule has 0 bridgehead atoms. The van der Waals surface area contributed by atoms with E-state index in [1.165, 1.54) is 0 Å². The van der Waals surface area contributed by atoms with Gasteiger partial charge in [0, 0.05) is 30.9 Å². The summed E-state index contributed by atoms with van der Waals surface area (Å²) in [5, 5.41) is 3.86. The number of amides is 1. The molecule has 0 N–H and O–H groups in total. The van der Waals surface area contributed by atoms with Crippen LogP contribution in [0.25, 0.3) is 11.4 Å². The number of benzene rings is 1. The Kier molecular flexibility index (Phi) is 4.83. The highest BCUT2D eigenvalue weighted by Crippen LogP contribution is 2.41. The largest absolute Gasteiger partial charge is 0.368 e. The molecule has 4 heterocycles. The minimum Gasteiger partial charge on any atom is -0.368 e. The zero-order valence-electron chi connectivity index (χ0n) is 17.0. The van der Waals surface area contributed by atoms with Gasteiger partial charge < -0.3 is 14.2 Å². The number of aromatic nitrogens is 3. The van der Waals surface area contributed by atoms with Gasteiger partial charge in [-0.15, -0.1) is 0 Å². The van der Waals surface area contributed by atoms with E-state index in [4.69, 9.17) is 14.2 Å². The van der Waals surface area contributed by atoms with Gasteiger partial charge in [-0.1, -0.05) is 35.5 Å². The standard InChI is InChI=1S/C23H24N4O3/c1-16-13-19(30-26-16)14-20(28)27-10-8-23(9-11-27)21-18(7-12-29-23)15-24-22(25-21)17-5-3-2-4-6-17/h2-6,13,15H,7-12,14H2,1H3. The number of carbonyl (C=O) groups excluding carboxylic acids is 1. The Morgan fingerprint density at radius 1 is 1.20 bits per heavy atom. The van der Waals surface area contributed by atoms with Crippen molar-refractivity contribution in [3.8, 4) is 11.4 Å². The number of aryl methyl sites for hydroxylation is 1. The van der Waals surface area contributed by atoms with E-state index in [1.807, 2.05) is 54.4 Å². The third-order valence-electron chi connectivity index (χ3n) is 6.00. The third kappa shape index (κ3) is 3.50. The van der Waals surface area contributed by atoms with Crippen LogP contribution in [0, 0.1) is 6.92 Å². The van der Waals surface area contributed by atoms with Crippen LogP contribution in [0.3, 0.4) is 0 Å². The molecule has 0 radical (unpaired) electrons. The number of fused-ring (bicyclic) bond motifs is 2. The van der Waals surface area contributed by atoms with E-state index < -0.39 is 5.60 Å². The summed E-state index contributed by atoms with van der Waals surface area (Å²) in [6.07, 6.45) is 4.46. The van der Waals surface area contributed by atoms with Gasteiger partial charge in [0.25, 0.3) is 0 Å². The highest BCUT2D eigenvalue weighted by Gasteiger charge is 2.43. The lowest BCUT2D eigenvalue weighted by Gasteiger charge is -2.44. The number of hydrogen-bond donors (Lipinski definition) is 0. The molecule has 0 saturated carbocycles. The lowest BCUT2D eigenvalue weighted by atomic mass is 9.83. The lowest BCUT2D eigenvalue weighted by Crippen LogP contribution is -2.49. The summed E-state index contributed by atoms with van der Waals surface area (Å²) >= 11 is 0. The number of carbonyl (C=O) groups is 1. The summed E-state index contributed by atoms with van der Waals surface area (Å²) in [7, 11) is 0. The molecule has 2 aliphatic rings. The highest BCUT2D eigenvalue weighted by molar-refractivity contribution is 5.78. The van der Waals surface area contributed by atoms with Crippen LogP contribution in [-0.4, -0.2) is 45.6 Å². The molecule has 30 heavy (non-hydrogen) atoms. The van der Waals surface area contributed by atoms with Crippen molar-refractivity contribution in [3.63, 3.8) is 0 Å². The van der Waals surface area contributed by atoms with Crippen molar-refractivity contribution >= 4 is 5.91 Å². The second-order valence-electron chi connectivity index (χ2n) is 8.02. The summed E-state index contributed by atoms with van der Waals surface area (Å²) in [5.41, 5.74) is 3.48. The molecule has 3 aromatic rings. The molecular weight excluding hydrogens is 380 g/mol. The van der Waals surface area contributed by atoms with Crippen LogP contribution in [-0.2, 0) is 28.0 Å². The maximum atomic E-state index is 12.7.